The van der Waals surface area contributed by atoms with Gasteiger partial charge in [-0.15, -0.1) is 0 Å². The Balaban J connectivity index is 2.32. The van der Waals surface area contributed by atoms with Crippen LogP contribution in [-0.2, 0) is 11.2 Å². The molecule has 96 valence electrons. The molecule has 0 saturated carbocycles. The van der Waals surface area contributed by atoms with Crippen LogP contribution in [0.3, 0.4) is 0 Å². The Labute approximate surface area is 106 Å². The number of aryl methyl sites for hydroxylation is 2. The molecular formula is C14H18N2O2. The lowest BCUT2D eigenvalue weighted by Crippen LogP contribution is -2.31. The molecule has 0 spiro atoms. The molecule has 18 heavy (non-hydrogen) atoms. The molecule has 0 radical (unpaired) electrons. The van der Waals surface area contributed by atoms with Crippen molar-refractivity contribution < 1.29 is 9.32 Å². The average molecular weight is 246 g/mol. The molecule has 2 rings (SSSR count). The van der Waals surface area contributed by atoms with Gasteiger partial charge in [-0.3, -0.25) is 4.79 Å². The van der Waals surface area contributed by atoms with Gasteiger partial charge in [-0.25, -0.2) is 0 Å². The van der Waals surface area contributed by atoms with E-state index in [2.05, 4.69) is 10.5 Å². The summed E-state index contributed by atoms with van der Waals surface area (Å²) in [4.78, 5) is 11.7. The number of nitrogens with one attached hydrogen (secondary N) is 1. The minimum Gasteiger partial charge on any atom is -0.356 e. The molecule has 0 aliphatic carbocycles. The van der Waals surface area contributed by atoms with Crippen molar-refractivity contribution in [3.8, 4) is 0 Å². The third-order valence-electron chi connectivity index (χ3n) is 2.75. The Hall–Kier alpha value is -1.84. The van der Waals surface area contributed by atoms with E-state index in [9.17, 15) is 4.79 Å². The Morgan fingerprint density at radius 2 is 2.11 bits per heavy atom. The zero-order chi connectivity index (χ0) is 13.3. The van der Waals surface area contributed by atoms with Gasteiger partial charge in [0, 0.05) is 11.4 Å². The van der Waals surface area contributed by atoms with Gasteiger partial charge in [-0.1, -0.05) is 11.2 Å². The first-order valence-electron chi connectivity index (χ1n) is 6.12. The lowest BCUT2D eigenvalue weighted by Gasteiger charge is -2.06. The molecule has 0 unspecified atom stereocenters. The smallest absolute Gasteiger partial charge is 0.226 e. The number of nitrogens with zero attached hydrogens (tertiary/aromatic N) is 1. The molecule has 1 aromatic carbocycles. The van der Waals surface area contributed by atoms with Gasteiger partial charge in [0.05, 0.1) is 6.42 Å². The molecule has 2 aromatic rings. The van der Waals surface area contributed by atoms with E-state index in [1.54, 1.807) is 0 Å². The second-order valence-corrected chi connectivity index (χ2v) is 4.99. The van der Waals surface area contributed by atoms with E-state index >= 15 is 0 Å². The molecule has 0 atom stereocenters. The fourth-order valence-corrected chi connectivity index (χ4v) is 2.09. The lowest BCUT2D eigenvalue weighted by atomic mass is 10.1. The Morgan fingerprint density at radius 3 is 2.78 bits per heavy atom. The largest absolute Gasteiger partial charge is 0.356 e. The maximum atomic E-state index is 11.7. The molecule has 1 N–H and O–H groups in total. The maximum Gasteiger partial charge on any atom is 0.226 e. The molecule has 0 aliphatic rings. The maximum absolute atomic E-state index is 11.7. The van der Waals surface area contributed by atoms with Crippen molar-refractivity contribution >= 4 is 16.9 Å². The van der Waals surface area contributed by atoms with E-state index in [1.807, 2.05) is 39.8 Å². The third-order valence-corrected chi connectivity index (χ3v) is 2.75. The lowest BCUT2D eigenvalue weighted by molar-refractivity contribution is -0.120. The van der Waals surface area contributed by atoms with Crippen LogP contribution in [0.5, 0.6) is 0 Å². The SMILES string of the molecule is Cc1cc(C)c2onc(CC(=O)NC(C)C)c2c1. The summed E-state index contributed by atoms with van der Waals surface area (Å²) in [7, 11) is 0. The van der Waals surface area contributed by atoms with Gasteiger partial charge >= 0.3 is 0 Å². The van der Waals surface area contributed by atoms with Crippen molar-refractivity contribution in [2.75, 3.05) is 0 Å². The van der Waals surface area contributed by atoms with Gasteiger partial charge in [-0.2, -0.15) is 0 Å². The molecular weight excluding hydrogens is 228 g/mol. The first-order chi connectivity index (χ1) is 8.47. The topological polar surface area (TPSA) is 55.1 Å². The van der Waals surface area contributed by atoms with Gasteiger partial charge in [0.1, 0.15) is 5.69 Å². The third kappa shape index (κ3) is 2.53. The molecule has 4 nitrogen and oxygen atoms in total. The molecule has 0 bridgehead atoms. The average Bonchev–Trinajstić information content (AvgIpc) is 2.60. The highest BCUT2D eigenvalue weighted by atomic mass is 16.5. The van der Waals surface area contributed by atoms with Crippen LogP contribution in [0.1, 0.15) is 30.7 Å². The van der Waals surface area contributed by atoms with E-state index in [0.29, 0.717) is 5.69 Å². The number of rotatable bonds is 3. The molecule has 1 aromatic heterocycles. The predicted octanol–water partition coefficient (Wildman–Crippen LogP) is 2.51. The monoisotopic (exact) mass is 246 g/mol. The van der Waals surface area contributed by atoms with Crippen molar-refractivity contribution in [3.05, 3.63) is 29.0 Å². The second kappa shape index (κ2) is 4.80. The zero-order valence-electron chi connectivity index (χ0n) is 11.2. The van der Waals surface area contributed by atoms with Gasteiger partial charge in [-0.05, 0) is 44.9 Å². The van der Waals surface area contributed by atoms with Crippen LogP contribution in [-0.4, -0.2) is 17.1 Å². The summed E-state index contributed by atoms with van der Waals surface area (Å²) in [5, 5.41) is 7.80. The van der Waals surface area contributed by atoms with Crippen LogP contribution in [0, 0.1) is 13.8 Å². The summed E-state index contributed by atoms with van der Waals surface area (Å²) >= 11 is 0. The summed E-state index contributed by atoms with van der Waals surface area (Å²) in [5.41, 5.74) is 3.67. The van der Waals surface area contributed by atoms with Gasteiger partial charge in [0.2, 0.25) is 5.91 Å². The van der Waals surface area contributed by atoms with E-state index in [1.165, 1.54) is 0 Å². The predicted molar refractivity (Wildman–Crippen MR) is 70.5 cm³/mol. The molecule has 0 saturated heterocycles. The molecule has 4 heteroatoms. The number of amides is 1. The van der Waals surface area contributed by atoms with Crippen molar-refractivity contribution in [1.29, 1.82) is 0 Å². The van der Waals surface area contributed by atoms with Crippen LogP contribution >= 0.6 is 0 Å². The number of hydrogen-bond acceptors (Lipinski definition) is 3. The minimum absolute atomic E-state index is 0.0284. The highest BCUT2D eigenvalue weighted by molar-refractivity contribution is 5.88. The molecule has 0 aliphatic heterocycles. The number of benzene rings is 1. The van der Waals surface area contributed by atoms with E-state index in [0.717, 1.165) is 22.1 Å². The van der Waals surface area contributed by atoms with Crippen molar-refractivity contribution in [1.82, 2.24) is 10.5 Å². The summed E-state index contributed by atoms with van der Waals surface area (Å²) in [6.45, 7) is 7.89. The first-order valence-corrected chi connectivity index (χ1v) is 6.12. The van der Waals surface area contributed by atoms with Crippen molar-refractivity contribution in [2.24, 2.45) is 0 Å². The van der Waals surface area contributed by atoms with Crippen LogP contribution in [0.25, 0.3) is 11.0 Å². The minimum atomic E-state index is -0.0284. The van der Waals surface area contributed by atoms with E-state index in [-0.39, 0.29) is 18.4 Å². The summed E-state index contributed by atoms with van der Waals surface area (Å²) in [5.74, 6) is -0.0284. The number of aromatic nitrogens is 1. The summed E-state index contributed by atoms with van der Waals surface area (Å²) in [6.07, 6.45) is 0.258. The van der Waals surface area contributed by atoms with Crippen LogP contribution in [0.2, 0.25) is 0 Å². The Kier molecular flexibility index (Phi) is 3.36. The molecule has 1 amide bonds. The Bertz CT molecular complexity index is 585. The number of hydrogen-bond donors (Lipinski definition) is 1. The van der Waals surface area contributed by atoms with Gasteiger partial charge in [0.15, 0.2) is 5.58 Å². The quantitative estimate of drug-likeness (QED) is 0.905. The fraction of sp³-hybridized carbons (Fsp3) is 0.429. The van der Waals surface area contributed by atoms with Crippen molar-refractivity contribution in [2.45, 2.75) is 40.2 Å². The van der Waals surface area contributed by atoms with Crippen molar-refractivity contribution in [3.63, 3.8) is 0 Å². The van der Waals surface area contributed by atoms with E-state index in [4.69, 9.17) is 4.52 Å². The van der Waals surface area contributed by atoms with Crippen LogP contribution in [0.4, 0.5) is 0 Å². The number of fused-ring (bicyclic) bond motifs is 1. The van der Waals surface area contributed by atoms with Crippen LogP contribution < -0.4 is 5.32 Å². The highest BCUT2D eigenvalue weighted by Crippen LogP contribution is 2.23. The fourth-order valence-electron chi connectivity index (χ4n) is 2.09. The highest BCUT2D eigenvalue weighted by Gasteiger charge is 2.14. The molecule has 1 heterocycles. The second-order valence-electron chi connectivity index (χ2n) is 4.99. The van der Waals surface area contributed by atoms with E-state index < -0.39 is 0 Å². The Morgan fingerprint density at radius 1 is 1.39 bits per heavy atom. The normalized spacial score (nSPS) is 11.2. The number of carbonyl (C=O) groups excluding carboxylic acids is 1. The first kappa shape index (κ1) is 12.6. The number of carbonyl (C=O) groups is 1. The zero-order valence-corrected chi connectivity index (χ0v) is 11.2. The van der Waals surface area contributed by atoms with Gasteiger partial charge < -0.3 is 9.84 Å². The van der Waals surface area contributed by atoms with Gasteiger partial charge in [0.25, 0.3) is 0 Å². The standard InChI is InChI=1S/C14H18N2O2/c1-8(2)15-13(17)7-12-11-6-9(3)5-10(4)14(11)18-16-12/h5-6,8H,7H2,1-4H3,(H,15,17). The molecule has 0 fully saturated rings. The van der Waals surface area contributed by atoms with Crippen LogP contribution in [0.15, 0.2) is 16.7 Å². The summed E-state index contributed by atoms with van der Waals surface area (Å²) in [6, 6.07) is 4.20. The summed E-state index contributed by atoms with van der Waals surface area (Å²) < 4.78 is 5.31.